The Morgan fingerprint density at radius 3 is 1.30 bits per heavy atom. The number of benzene rings is 11. The zero-order valence-electron chi connectivity index (χ0n) is 46.5. The summed E-state index contributed by atoms with van der Waals surface area (Å²) in [5.74, 6) is 2.64. The maximum absolute atomic E-state index is 6.62. The Kier molecular flexibility index (Phi) is 13.3. The van der Waals surface area contributed by atoms with E-state index in [1.165, 1.54) is 101 Å². The van der Waals surface area contributed by atoms with E-state index in [4.69, 9.17) is 4.74 Å². The van der Waals surface area contributed by atoms with Crippen molar-refractivity contribution in [2.24, 2.45) is 11.8 Å². The Labute approximate surface area is 473 Å². The van der Waals surface area contributed by atoms with E-state index in [0.717, 1.165) is 22.8 Å². The van der Waals surface area contributed by atoms with Gasteiger partial charge in [0.05, 0.1) is 10.8 Å². The highest BCUT2D eigenvalue weighted by Gasteiger charge is 2.48. The van der Waals surface area contributed by atoms with E-state index in [1.54, 1.807) is 0 Å². The summed E-state index contributed by atoms with van der Waals surface area (Å²) in [6.45, 7) is 12.0. The van der Waals surface area contributed by atoms with Gasteiger partial charge in [0, 0.05) is 17.1 Å². The lowest BCUT2D eigenvalue weighted by Crippen LogP contribution is -2.29. The Morgan fingerprint density at radius 2 is 0.800 bits per heavy atom. The lowest BCUT2D eigenvalue weighted by atomic mass is 9.67. The zero-order chi connectivity index (χ0) is 54.4. The third-order valence-electron chi connectivity index (χ3n) is 17.3. The minimum Gasteiger partial charge on any atom is -0.489 e. The summed E-state index contributed by atoms with van der Waals surface area (Å²) in [6.07, 6.45) is 1.19. The number of nitrogens with zero attached hydrogens (tertiary/aromatic N) is 1. The lowest BCUT2D eigenvalue weighted by Gasteiger charge is -2.36. The van der Waals surface area contributed by atoms with Crippen molar-refractivity contribution in [1.82, 2.24) is 0 Å². The van der Waals surface area contributed by atoms with Gasteiger partial charge in [0.25, 0.3) is 0 Å². The molecule has 0 spiro atoms. The second-order valence-corrected chi connectivity index (χ2v) is 22.9. The average Bonchev–Trinajstić information content (AvgIpc) is 4.03. The van der Waals surface area contributed by atoms with Crippen LogP contribution >= 0.6 is 0 Å². The molecular weight excluding hydrogens is 967 g/mol. The first kappa shape index (κ1) is 50.5. The third-order valence-corrected chi connectivity index (χ3v) is 17.3. The molecule has 13 rings (SSSR count). The highest BCUT2D eigenvalue weighted by Crippen LogP contribution is 2.60. The second-order valence-electron chi connectivity index (χ2n) is 22.9. The fourth-order valence-corrected chi connectivity index (χ4v) is 13.6. The summed E-state index contributed by atoms with van der Waals surface area (Å²) in [5.41, 5.74) is 23.2. The second kappa shape index (κ2) is 21.0. The molecular formula is C78H67NO. The van der Waals surface area contributed by atoms with Crippen molar-refractivity contribution in [2.45, 2.75) is 64.4 Å². The van der Waals surface area contributed by atoms with Gasteiger partial charge in [-0.15, -0.1) is 0 Å². The number of hydrogen-bond donors (Lipinski definition) is 0. The molecule has 11 aromatic carbocycles. The number of fused-ring (bicyclic) bond motifs is 6. The van der Waals surface area contributed by atoms with Crippen LogP contribution in [0.5, 0.6) is 5.75 Å². The largest absolute Gasteiger partial charge is 0.489 e. The summed E-state index contributed by atoms with van der Waals surface area (Å²) < 4.78 is 6.62. The number of hydrogen-bond acceptors (Lipinski definition) is 2. The topological polar surface area (TPSA) is 12.5 Å². The third kappa shape index (κ3) is 8.66. The SMILES string of the molecule is Cc1ccc(C2(c3ccc(OCc4ccc(C(CC(C)C)C(C)C)cc4)cc3)c3ccccc3-c3ccc(N(c4ccc(-c5ccccc5)cc4)c4ccc5c(c4)C(c4ccccc4)(c4ccccc4)c4ccccc4-5)cc32)cc1. The van der Waals surface area contributed by atoms with Crippen LogP contribution in [0.25, 0.3) is 33.4 Å². The van der Waals surface area contributed by atoms with Crippen molar-refractivity contribution in [2.75, 3.05) is 4.90 Å². The first-order chi connectivity index (χ1) is 39.2. The van der Waals surface area contributed by atoms with Gasteiger partial charge in [-0.2, -0.15) is 0 Å². The monoisotopic (exact) mass is 1030 g/mol. The van der Waals surface area contributed by atoms with Crippen LogP contribution in [0.2, 0.25) is 0 Å². The maximum atomic E-state index is 6.62. The first-order valence-corrected chi connectivity index (χ1v) is 28.7. The van der Waals surface area contributed by atoms with Crippen molar-refractivity contribution >= 4 is 17.1 Å². The predicted octanol–water partition coefficient (Wildman–Crippen LogP) is 20.2. The fourth-order valence-electron chi connectivity index (χ4n) is 13.6. The normalized spacial score (nSPS) is 15.0. The minimum atomic E-state index is -0.648. The van der Waals surface area contributed by atoms with Crippen molar-refractivity contribution < 1.29 is 4.74 Å². The summed E-state index contributed by atoms with van der Waals surface area (Å²) in [7, 11) is 0. The smallest absolute Gasteiger partial charge is 0.119 e. The number of anilines is 3. The van der Waals surface area contributed by atoms with Crippen LogP contribution < -0.4 is 9.64 Å². The highest BCUT2D eigenvalue weighted by molar-refractivity contribution is 5.92. The van der Waals surface area contributed by atoms with Gasteiger partial charge in [-0.3, -0.25) is 0 Å². The van der Waals surface area contributed by atoms with Crippen LogP contribution in [0, 0.1) is 18.8 Å². The molecule has 2 aliphatic rings. The molecule has 0 heterocycles. The first-order valence-electron chi connectivity index (χ1n) is 28.7. The van der Waals surface area contributed by atoms with Crippen molar-refractivity contribution in [1.29, 1.82) is 0 Å². The van der Waals surface area contributed by atoms with Gasteiger partial charge in [-0.05, 0) is 169 Å². The molecule has 80 heavy (non-hydrogen) atoms. The van der Waals surface area contributed by atoms with E-state index in [1.807, 2.05) is 0 Å². The molecule has 2 aliphatic carbocycles. The molecule has 0 aromatic heterocycles. The Morgan fingerprint density at radius 1 is 0.375 bits per heavy atom. The molecule has 390 valence electrons. The van der Waals surface area contributed by atoms with Crippen LogP contribution in [0.4, 0.5) is 17.1 Å². The van der Waals surface area contributed by atoms with Gasteiger partial charge < -0.3 is 9.64 Å². The molecule has 2 nitrogen and oxygen atoms in total. The van der Waals surface area contributed by atoms with Crippen LogP contribution in [-0.2, 0) is 17.4 Å². The predicted molar refractivity (Wildman–Crippen MR) is 334 cm³/mol. The molecule has 0 aliphatic heterocycles. The van der Waals surface area contributed by atoms with Gasteiger partial charge in [-0.1, -0.05) is 258 Å². The molecule has 11 aromatic rings. The highest BCUT2D eigenvalue weighted by atomic mass is 16.5. The summed E-state index contributed by atoms with van der Waals surface area (Å²) in [4.78, 5) is 2.48. The molecule has 0 bridgehead atoms. The average molecular weight is 1030 g/mol. The van der Waals surface area contributed by atoms with Crippen molar-refractivity contribution in [3.05, 3.63) is 334 Å². The number of aryl methyl sites for hydroxylation is 1. The van der Waals surface area contributed by atoms with Crippen LogP contribution in [0.15, 0.2) is 273 Å². The Balaban J connectivity index is 0.966. The molecule has 0 amide bonds. The minimum absolute atomic E-state index is 0.503. The summed E-state index contributed by atoms with van der Waals surface area (Å²) in [5, 5.41) is 0. The Hall–Kier alpha value is -8.98. The molecule has 0 N–H and O–H groups in total. The maximum Gasteiger partial charge on any atom is 0.119 e. The van der Waals surface area contributed by atoms with Crippen LogP contribution in [0.1, 0.15) is 101 Å². The van der Waals surface area contributed by atoms with E-state index in [9.17, 15) is 0 Å². The van der Waals surface area contributed by atoms with E-state index < -0.39 is 10.8 Å². The van der Waals surface area contributed by atoms with Gasteiger partial charge in [0.15, 0.2) is 0 Å². The van der Waals surface area contributed by atoms with Crippen LogP contribution in [-0.4, -0.2) is 0 Å². The van der Waals surface area contributed by atoms with Crippen LogP contribution in [0.3, 0.4) is 0 Å². The van der Waals surface area contributed by atoms with Crippen molar-refractivity contribution in [3.63, 3.8) is 0 Å². The molecule has 0 saturated heterocycles. The van der Waals surface area contributed by atoms with E-state index in [-0.39, 0.29) is 0 Å². The number of rotatable bonds is 15. The molecule has 2 unspecified atom stereocenters. The molecule has 0 fully saturated rings. The molecule has 0 radical (unpaired) electrons. The Bertz CT molecular complexity index is 3920. The lowest BCUT2D eigenvalue weighted by molar-refractivity contribution is 0.306. The quantitative estimate of drug-likeness (QED) is 0.101. The molecule has 2 atom stereocenters. The van der Waals surface area contributed by atoms with Gasteiger partial charge in [0.1, 0.15) is 12.4 Å². The van der Waals surface area contributed by atoms with Gasteiger partial charge in [-0.25, -0.2) is 0 Å². The van der Waals surface area contributed by atoms with E-state index >= 15 is 0 Å². The van der Waals surface area contributed by atoms with Crippen molar-refractivity contribution in [3.8, 4) is 39.1 Å². The molecule has 2 heteroatoms. The fraction of sp³-hybridized carbons (Fsp3) is 0.154. The van der Waals surface area contributed by atoms with E-state index in [2.05, 4.69) is 313 Å². The zero-order valence-corrected chi connectivity index (χ0v) is 46.5. The van der Waals surface area contributed by atoms with Gasteiger partial charge >= 0.3 is 0 Å². The van der Waals surface area contributed by atoms with E-state index in [0.29, 0.717) is 24.4 Å². The molecule has 0 saturated carbocycles. The summed E-state index contributed by atoms with van der Waals surface area (Å²) in [6, 6.07) is 102. The summed E-state index contributed by atoms with van der Waals surface area (Å²) >= 11 is 0. The standard InChI is InChI=1S/C78H67NO/c1-53(2)49-72(54(3)4)59-33-31-56(32-34-59)52-80-67-45-39-63(40-46-67)78(62-37-29-55(5)30-38-62)74-28-18-16-26-69(74)71-48-44-66(51-76(71)78)79(64-41-35-58(36-42-64)57-19-9-6-10-20-57)65-43-47-70-68-25-15-17-27-73(68)77(75(70)50-65,60-21-11-7-12-22-60)61-23-13-8-14-24-61/h6-48,50-51,53-54,72H,49,52H2,1-5H3. The van der Waals surface area contributed by atoms with Gasteiger partial charge in [0.2, 0.25) is 0 Å². The number of ether oxygens (including phenoxy) is 1.